The van der Waals surface area contributed by atoms with Gasteiger partial charge in [0.15, 0.2) is 0 Å². The van der Waals surface area contributed by atoms with Gasteiger partial charge in [-0.05, 0) is 12.0 Å². The summed E-state index contributed by atoms with van der Waals surface area (Å²) in [7, 11) is 1.84. The summed E-state index contributed by atoms with van der Waals surface area (Å²) in [5, 5.41) is 0. The fourth-order valence-corrected chi connectivity index (χ4v) is 2.57. The Hall–Kier alpha value is -0.860. The maximum absolute atomic E-state index is 5.64. The average molecular weight is 219 g/mol. The van der Waals surface area contributed by atoms with Crippen molar-refractivity contribution in [2.75, 3.05) is 20.2 Å². The van der Waals surface area contributed by atoms with Gasteiger partial charge in [-0.2, -0.15) is 0 Å². The zero-order valence-corrected chi connectivity index (χ0v) is 10.3. The summed E-state index contributed by atoms with van der Waals surface area (Å²) in [5.41, 5.74) is 1.53. The van der Waals surface area contributed by atoms with Crippen LogP contribution in [0.3, 0.4) is 0 Å². The van der Waals surface area contributed by atoms with E-state index in [1.54, 1.807) is 0 Å². The lowest BCUT2D eigenvalue weighted by Crippen LogP contribution is -2.62. The fourth-order valence-electron chi connectivity index (χ4n) is 2.57. The fraction of sp³-hybridized carbons (Fsp3) is 0.571. The van der Waals surface area contributed by atoms with E-state index in [4.69, 9.17) is 4.74 Å². The number of ether oxygens (including phenoxy) is 1. The molecule has 1 heterocycles. The molecule has 0 unspecified atom stereocenters. The zero-order valence-electron chi connectivity index (χ0n) is 10.3. The van der Waals surface area contributed by atoms with Crippen molar-refractivity contribution in [1.82, 2.24) is 4.90 Å². The predicted octanol–water partition coefficient (Wildman–Crippen LogP) is 2.69. The summed E-state index contributed by atoms with van der Waals surface area (Å²) >= 11 is 0. The van der Waals surface area contributed by atoms with Gasteiger partial charge in [0, 0.05) is 26.7 Å². The van der Waals surface area contributed by atoms with Crippen LogP contribution in [-0.2, 0) is 11.3 Å². The average Bonchev–Trinajstić information content (AvgIpc) is 2.27. The van der Waals surface area contributed by atoms with Gasteiger partial charge in [-0.25, -0.2) is 0 Å². The van der Waals surface area contributed by atoms with Gasteiger partial charge in [0.2, 0.25) is 0 Å². The first kappa shape index (κ1) is 11.6. The van der Waals surface area contributed by atoms with Crippen LogP contribution in [0.25, 0.3) is 0 Å². The molecule has 1 saturated heterocycles. The zero-order chi connectivity index (χ0) is 11.4. The maximum Gasteiger partial charge on any atom is 0.0931 e. The molecule has 0 saturated carbocycles. The first-order valence-electron chi connectivity index (χ1n) is 6.09. The van der Waals surface area contributed by atoms with Gasteiger partial charge >= 0.3 is 0 Å². The molecular weight excluding hydrogens is 198 g/mol. The highest BCUT2D eigenvalue weighted by Gasteiger charge is 2.41. The van der Waals surface area contributed by atoms with Crippen LogP contribution in [0.1, 0.15) is 25.3 Å². The molecular formula is C14H21NO. The summed E-state index contributed by atoms with van der Waals surface area (Å²) < 4.78 is 5.64. The van der Waals surface area contributed by atoms with Gasteiger partial charge in [0.05, 0.1) is 5.60 Å². The molecule has 16 heavy (non-hydrogen) atoms. The molecule has 2 heteroatoms. The Morgan fingerprint density at radius 1 is 1.25 bits per heavy atom. The number of likely N-dealkylation sites (tertiary alicyclic amines) is 1. The molecule has 2 rings (SSSR count). The molecule has 0 aliphatic carbocycles. The third-order valence-electron chi connectivity index (χ3n) is 3.41. The predicted molar refractivity (Wildman–Crippen MR) is 66.4 cm³/mol. The minimum Gasteiger partial charge on any atom is -0.376 e. The van der Waals surface area contributed by atoms with Crippen molar-refractivity contribution >= 4 is 0 Å². The van der Waals surface area contributed by atoms with Crippen LogP contribution in [0.5, 0.6) is 0 Å². The van der Waals surface area contributed by atoms with Crippen LogP contribution in [0.15, 0.2) is 30.3 Å². The highest BCUT2D eigenvalue weighted by molar-refractivity contribution is 5.15. The van der Waals surface area contributed by atoms with E-state index in [0.29, 0.717) is 0 Å². The second-order valence-electron chi connectivity index (χ2n) is 4.77. The van der Waals surface area contributed by atoms with Crippen molar-refractivity contribution in [1.29, 1.82) is 0 Å². The van der Waals surface area contributed by atoms with Crippen LogP contribution >= 0.6 is 0 Å². The number of hydrogen-bond donors (Lipinski definition) is 0. The van der Waals surface area contributed by atoms with Gasteiger partial charge in [-0.1, -0.05) is 43.7 Å². The molecule has 0 atom stereocenters. The Morgan fingerprint density at radius 2 is 1.94 bits per heavy atom. The first-order valence-corrected chi connectivity index (χ1v) is 6.09. The molecule has 0 N–H and O–H groups in total. The van der Waals surface area contributed by atoms with E-state index in [1.165, 1.54) is 18.4 Å². The van der Waals surface area contributed by atoms with Gasteiger partial charge in [-0.3, -0.25) is 4.90 Å². The molecule has 0 aromatic heterocycles. The highest BCUT2D eigenvalue weighted by Crippen LogP contribution is 2.30. The van der Waals surface area contributed by atoms with E-state index in [1.807, 2.05) is 7.11 Å². The van der Waals surface area contributed by atoms with Crippen molar-refractivity contribution in [3.8, 4) is 0 Å². The van der Waals surface area contributed by atoms with E-state index >= 15 is 0 Å². The summed E-state index contributed by atoms with van der Waals surface area (Å²) in [6.07, 6.45) is 2.38. The second kappa shape index (κ2) is 4.98. The van der Waals surface area contributed by atoms with Gasteiger partial charge in [-0.15, -0.1) is 0 Å². The van der Waals surface area contributed by atoms with E-state index in [0.717, 1.165) is 19.6 Å². The summed E-state index contributed by atoms with van der Waals surface area (Å²) in [6.45, 7) is 5.43. The number of rotatable bonds is 5. The molecule has 88 valence electrons. The molecule has 0 bridgehead atoms. The smallest absolute Gasteiger partial charge is 0.0931 e. The number of methoxy groups -OCH3 is 1. The largest absolute Gasteiger partial charge is 0.376 e. The molecule has 1 aliphatic heterocycles. The molecule has 1 aromatic rings. The van der Waals surface area contributed by atoms with Crippen molar-refractivity contribution in [3.63, 3.8) is 0 Å². The van der Waals surface area contributed by atoms with Crippen LogP contribution in [-0.4, -0.2) is 30.7 Å². The van der Waals surface area contributed by atoms with E-state index in [9.17, 15) is 0 Å². The van der Waals surface area contributed by atoms with Crippen molar-refractivity contribution in [2.45, 2.75) is 31.9 Å². The van der Waals surface area contributed by atoms with Crippen LogP contribution in [0.4, 0.5) is 0 Å². The minimum absolute atomic E-state index is 0.142. The van der Waals surface area contributed by atoms with E-state index in [-0.39, 0.29) is 5.60 Å². The van der Waals surface area contributed by atoms with Gasteiger partial charge in [0.25, 0.3) is 0 Å². The lowest BCUT2D eigenvalue weighted by atomic mass is 9.88. The van der Waals surface area contributed by atoms with Gasteiger partial charge < -0.3 is 4.74 Å². The molecule has 1 aliphatic rings. The topological polar surface area (TPSA) is 12.5 Å². The third-order valence-corrected chi connectivity index (χ3v) is 3.41. The van der Waals surface area contributed by atoms with E-state index in [2.05, 4.69) is 42.2 Å². The monoisotopic (exact) mass is 219 g/mol. The Labute approximate surface area is 98.2 Å². The van der Waals surface area contributed by atoms with Crippen molar-refractivity contribution < 1.29 is 4.74 Å². The first-order chi connectivity index (χ1) is 7.78. The number of hydrogen-bond acceptors (Lipinski definition) is 2. The lowest BCUT2D eigenvalue weighted by molar-refractivity contribution is -0.132. The molecule has 0 amide bonds. The normalized spacial score (nSPS) is 19.4. The lowest BCUT2D eigenvalue weighted by Gasteiger charge is -2.49. The van der Waals surface area contributed by atoms with Gasteiger partial charge in [0.1, 0.15) is 0 Å². The van der Waals surface area contributed by atoms with Crippen LogP contribution in [0.2, 0.25) is 0 Å². The molecule has 1 aromatic carbocycles. The summed E-state index contributed by atoms with van der Waals surface area (Å²) in [6, 6.07) is 10.6. The van der Waals surface area contributed by atoms with Crippen molar-refractivity contribution in [2.24, 2.45) is 0 Å². The molecule has 0 radical (unpaired) electrons. The second-order valence-corrected chi connectivity index (χ2v) is 4.77. The third kappa shape index (κ3) is 2.45. The minimum atomic E-state index is 0.142. The number of benzene rings is 1. The SMILES string of the molecule is CCCC1(OC)CN(Cc2ccccc2)C1. The molecule has 2 nitrogen and oxygen atoms in total. The standard InChI is InChI=1S/C14H21NO/c1-3-9-14(16-2)11-15(12-14)10-13-7-5-4-6-8-13/h4-8H,3,9-12H2,1-2H3. The number of nitrogens with zero attached hydrogens (tertiary/aromatic N) is 1. The highest BCUT2D eigenvalue weighted by atomic mass is 16.5. The molecule has 0 spiro atoms. The maximum atomic E-state index is 5.64. The van der Waals surface area contributed by atoms with Crippen molar-refractivity contribution in [3.05, 3.63) is 35.9 Å². The summed E-state index contributed by atoms with van der Waals surface area (Å²) in [5.74, 6) is 0. The summed E-state index contributed by atoms with van der Waals surface area (Å²) in [4.78, 5) is 2.45. The van der Waals surface area contributed by atoms with Crippen LogP contribution in [0, 0.1) is 0 Å². The Bertz CT molecular complexity index is 317. The molecule has 1 fully saturated rings. The Balaban J connectivity index is 1.84. The Kier molecular flexibility index (Phi) is 3.62. The van der Waals surface area contributed by atoms with E-state index < -0.39 is 0 Å². The quantitative estimate of drug-likeness (QED) is 0.755. The Morgan fingerprint density at radius 3 is 2.50 bits per heavy atom. The van der Waals surface area contributed by atoms with Crippen LogP contribution < -0.4 is 0 Å².